The van der Waals surface area contributed by atoms with Gasteiger partial charge < -0.3 is 14.9 Å². The molecule has 0 radical (unpaired) electrons. The minimum Gasteiger partial charge on any atom is -0.388 e. The molecule has 3 aromatic rings. The predicted molar refractivity (Wildman–Crippen MR) is 150 cm³/mol. The summed E-state index contributed by atoms with van der Waals surface area (Å²) in [5, 5.41) is 11.4. The van der Waals surface area contributed by atoms with E-state index in [1.165, 1.54) is 6.07 Å². The quantitative estimate of drug-likeness (QED) is 0.481. The first kappa shape index (κ1) is 25.5. The van der Waals surface area contributed by atoms with Gasteiger partial charge in [-0.15, -0.1) is 0 Å². The van der Waals surface area contributed by atoms with Crippen LogP contribution < -0.4 is 0 Å². The van der Waals surface area contributed by atoms with Crippen LogP contribution in [0.3, 0.4) is 0 Å². The van der Waals surface area contributed by atoms with Gasteiger partial charge in [-0.1, -0.05) is 25.1 Å². The van der Waals surface area contributed by atoms with Crippen molar-refractivity contribution in [1.82, 2.24) is 14.8 Å². The summed E-state index contributed by atoms with van der Waals surface area (Å²) in [6, 6.07) is 15.3. The Morgan fingerprint density at radius 1 is 1.03 bits per heavy atom. The van der Waals surface area contributed by atoms with Crippen molar-refractivity contribution < 1.29 is 9.50 Å². The third kappa shape index (κ3) is 5.72. The predicted octanol–water partition coefficient (Wildman–Crippen LogP) is 5.60. The second kappa shape index (κ2) is 11.1. The summed E-state index contributed by atoms with van der Waals surface area (Å²) >= 11 is 0. The largest absolute Gasteiger partial charge is 0.388 e. The zero-order valence-electron chi connectivity index (χ0n) is 21.9. The van der Waals surface area contributed by atoms with Gasteiger partial charge in [0.1, 0.15) is 5.82 Å². The number of nitrogens with zero attached hydrogens (tertiary/aromatic N) is 4. The second-order valence-electron chi connectivity index (χ2n) is 10.3. The lowest BCUT2D eigenvalue weighted by Gasteiger charge is -2.33. The smallest absolute Gasteiger partial charge is 0.126 e. The number of benzene rings is 2. The van der Waals surface area contributed by atoms with Gasteiger partial charge in [0.05, 0.1) is 17.5 Å². The molecular weight excluding hydrogens is 463 g/mol. The standard InChI is InChI=1S/C31H35FN4O/c1-21-17-27(30(37)10-12-36-15-13-35(3)14-16-36)26-19-23(7-9-29(26)34-20-21)25-5-4-11-33-31(25)24-6-8-28(32)22(2)18-24/h4-9,11,17-21,30,37H,10,12-16H2,1-3H3. The lowest BCUT2D eigenvalue weighted by atomic mass is 9.90. The van der Waals surface area contributed by atoms with E-state index in [1.54, 1.807) is 19.2 Å². The van der Waals surface area contributed by atoms with Crippen LogP contribution in [-0.4, -0.2) is 72.0 Å². The van der Waals surface area contributed by atoms with Crippen LogP contribution in [-0.2, 0) is 0 Å². The number of piperazine rings is 1. The Labute approximate surface area is 219 Å². The molecule has 2 aromatic carbocycles. The topological polar surface area (TPSA) is 52.0 Å². The van der Waals surface area contributed by atoms with E-state index in [0.717, 1.165) is 71.9 Å². The number of pyridine rings is 1. The van der Waals surface area contributed by atoms with Crippen molar-refractivity contribution in [1.29, 1.82) is 0 Å². The molecule has 1 fully saturated rings. The van der Waals surface area contributed by atoms with Crippen molar-refractivity contribution in [2.75, 3.05) is 39.8 Å². The van der Waals surface area contributed by atoms with E-state index in [9.17, 15) is 9.50 Å². The van der Waals surface area contributed by atoms with Crippen LogP contribution in [0.2, 0.25) is 0 Å². The number of allylic oxidation sites excluding steroid dienone is 1. The van der Waals surface area contributed by atoms with Gasteiger partial charge in [-0.2, -0.15) is 0 Å². The van der Waals surface area contributed by atoms with Crippen molar-refractivity contribution in [3.63, 3.8) is 0 Å². The van der Waals surface area contributed by atoms with Crippen LogP contribution in [0.1, 0.15) is 24.5 Å². The van der Waals surface area contributed by atoms with Gasteiger partial charge in [0.2, 0.25) is 0 Å². The minimum absolute atomic E-state index is 0.125. The second-order valence-corrected chi connectivity index (χ2v) is 10.3. The molecule has 1 aromatic heterocycles. The van der Waals surface area contributed by atoms with Crippen LogP contribution in [0.5, 0.6) is 0 Å². The molecule has 2 aliphatic heterocycles. The zero-order valence-corrected chi connectivity index (χ0v) is 21.9. The summed E-state index contributed by atoms with van der Waals surface area (Å²) in [5.41, 5.74) is 6.97. The lowest BCUT2D eigenvalue weighted by Crippen LogP contribution is -2.45. The van der Waals surface area contributed by atoms with Crippen molar-refractivity contribution >= 4 is 17.5 Å². The number of rotatable bonds is 6. The number of aryl methyl sites for hydroxylation is 1. The summed E-state index contributed by atoms with van der Waals surface area (Å²) in [6.45, 7) is 8.94. The molecule has 0 spiro atoms. The van der Waals surface area contributed by atoms with E-state index >= 15 is 0 Å². The van der Waals surface area contributed by atoms with Crippen LogP contribution in [0, 0.1) is 18.7 Å². The number of aliphatic imine (C=N–C) groups is 1. The maximum atomic E-state index is 13.9. The molecule has 5 rings (SSSR count). The third-order valence-electron chi connectivity index (χ3n) is 7.42. The molecule has 1 saturated heterocycles. The fourth-order valence-electron chi connectivity index (χ4n) is 5.14. The van der Waals surface area contributed by atoms with Gasteiger partial charge in [0.15, 0.2) is 0 Å². The Morgan fingerprint density at radius 2 is 1.81 bits per heavy atom. The molecule has 1 N–H and O–H groups in total. The van der Waals surface area contributed by atoms with E-state index in [2.05, 4.69) is 47.0 Å². The van der Waals surface area contributed by atoms with Crippen LogP contribution >= 0.6 is 0 Å². The molecule has 2 unspecified atom stereocenters. The highest BCUT2D eigenvalue weighted by Crippen LogP contribution is 2.38. The van der Waals surface area contributed by atoms with Gasteiger partial charge in [-0.05, 0) is 73.5 Å². The first-order chi connectivity index (χ1) is 17.9. The summed E-state index contributed by atoms with van der Waals surface area (Å²) in [4.78, 5) is 14.2. The normalized spacial score (nSPS) is 19.3. The summed E-state index contributed by atoms with van der Waals surface area (Å²) in [7, 11) is 2.16. The molecule has 0 saturated carbocycles. The average molecular weight is 499 g/mol. The van der Waals surface area contributed by atoms with Crippen LogP contribution in [0.15, 0.2) is 65.8 Å². The van der Waals surface area contributed by atoms with Crippen molar-refractivity contribution in [2.45, 2.75) is 26.4 Å². The minimum atomic E-state index is -0.578. The fraction of sp³-hybridized carbons (Fsp3) is 0.355. The molecule has 2 atom stereocenters. The summed E-state index contributed by atoms with van der Waals surface area (Å²) in [6.07, 6.45) is 5.95. The Bertz CT molecular complexity index is 1330. The SMILES string of the molecule is Cc1cc(-c2ncccc2-c2ccc3c(c2)C(C(O)CCN2CCN(C)CC2)=CC(C)C=N3)ccc1F. The molecule has 2 aliphatic rings. The van der Waals surface area contributed by atoms with E-state index in [1.807, 2.05) is 30.5 Å². The number of likely N-dealkylation sites (N-methyl/N-ethyl adjacent to an activating group) is 1. The van der Waals surface area contributed by atoms with Gasteiger partial charge >= 0.3 is 0 Å². The number of aliphatic hydroxyl groups excluding tert-OH is 1. The van der Waals surface area contributed by atoms with Crippen molar-refractivity contribution in [2.24, 2.45) is 10.9 Å². The van der Waals surface area contributed by atoms with Crippen molar-refractivity contribution in [3.8, 4) is 22.4 Å². The molecule has 6 heteroatoms. The molecule has 192 valence electrons. The van der Waals surface area contributed by atoms with Crippen molar-refractivity contribution in [3.05, 3.63) is 77.7 Å². The highest BCUT2D eigenvalue weighted by atomic mass is 19.1. The highest BCUT2D eigenvalue weighted by molar-refractivity contribution is 5.89. The molecule has 0 aliphatic carbocycles. The third-order valence-corrected chi connectivity index (χ3v) is 7.42. The van der Waals surface area contributed by atoms with E-state index in [4.69, 9.17) is 4.99 Å². The van der Waals surface area contributed by atoms with E-state index in [-0.39, 0.29) is 11.7 Å². The number of halogens is 1. The van der Waals surface area contributed by atoms with Crippen LogP contribution in [0.25, 0.3) is 28.0 Å². The Hall–Kier alpha value is -3.19. The monoisotopic (exact) mass is 498 g/mol. The van der Waals surface area contributed by atoms with E-state index in [0.29, 0.717) is 12.0 Å². The molecule has 5 nitrogen and oxygen atoms in total. The Kier molecular flexibility index (Phi) is 7.60. The molecular formula is C31H35FN4O. The number of aromatic nitrogens is 1. The number of hydrogen-bond acceptors (Lipinski definition) is 5. The molecule has 3 heterocycles. The average Bonchev–Trinajstić information content (AvgIpc) is 3.08. The fourth-order valence-corrected chi connectivity index (χ4v) is 5.14. The summed E-state index contributed by atoms with van der Waals surface area (Å²) < 4.78 is 13.9. The maximum absolute atomic E-state index is 13.9. The molecule has 37 heavy (non-hydrogen) atoms. The lowest BCUT2D eigenvalue weighted by molar-refractivity contribution is 0.132. The first-order valence-corrected chi connectivity index (χ1v) is 13.1. The van der Waals surface area contributed by atoms with Gasteiger partial charge in [-0.25, -0.2) is 4.39 Å². The molecule has 0 bridgehead atoms. The Balaban J connectivity index is 1.47. The number of fused-ring (bicyclic) bond motifs is 1. The maximum Gasteiger partial charge on any atom is 0.126 e. The Morgan fingerprint density at radius 3 is 2.59 bits per heavy atom. The highest BCUT2D eigenvalue weighted by Gasteiger charge is 2.22. The number of aliphatic hydroxyl groups is 1. The summed E-state index contributed by atoms with van der Waals surface area (Å²) in [5.74, 6) is -0.0983. The number of hydrogen-bond donors (Lipinski definition) is 1. The first-order valence-electron chi connectivity index (χ1n) is 13.1. The van der Waals surface area contributed by atoms with E-state index < -0.39 is 6.10 Å². The van der Waals surface area contributed by atoms with Gasteiger partial charge in [0.25, 0.3) is 0 Å². The van der Waals surface area contributed by atoms with Crippen LogP contribution in [0.4, 0.5) is 10.1 Å². The van der Waals surface area contributed by atoms with Gasteiger partial charge in [-0.3, -0.25) is 9.98 Å². The van der Waals surface area contributed by atoms with Gasteiger partial charge in [0, 0.05) is 67.7 Å². The molecule has 0 amide bonds. The zero-order chi connectivity index (χ0) is 25.9.